The molecular formula is C42H25F9N2O4S3. The van der Waals surface area contributed by atoms with Gasteiger partial charge in [-0.2, -0.15) is 26.3 Å². The van der Waals surface area contributed by atoms with Crippen LogP contribution in [0.3, 0.4) is 0 Å². The highest BCUT2D eigenvalue weighted by Crippen LogP contribution is 2.50. The van der Waals surface area contributed by atoms with Gasteiger partial charge >= 0.3 is 12.4 Å². The van der Waals surface area contributed by atoms with Gasteiger partial charge in [-0.3, -0.25) is 19.2 Å². The number of benzene rings is 2. The average Bonchev–Trinajstić information content (AvgIpc) is 3.99. The van der Waals surface area contributed by atoms with Gasteiger partial charge in [0.05, 0.1) is 52.0 Å². The Morgan fingerprint density at radius 1 is 0.550 bits per heavy atom. The fourth-order valence-corrected chi connectivity index (χ4v) is 12.0. The number of hydrogen-bond donors (Lipinski definition) is 0. The molecule has 0 aliphatic heterocycles. The maximum Gasteiger partial charge on any atom is 0.389 e. The molecule has 0 N–H and O–H groups in total. The molecule has 5 heterocycles. The minimum atomic E-state index is -4.52. The lowest BCUT2D eigenvalue weighted by Crippen LogP contribution is -2.18. The van der Waals surface area contributed by atoms with Crippen molar-refractivity contribution in [3.8, 4) is 0 Å². The van der Waals surface area contributed by atoms with Crippen LogP contribution in [-0.4, -0.2) is 44.6 Å². The molecule has 9 rings (SSSR count). The van der Waals surface area contributed by atoms with Crippen molar-refractivity contribution in [3.05, 3.63) is 103 Å². The van der Waals surface area contributed by atoms with E-state index < -0.39 is 77.6 Å². The average molecular weight is 889 g/mol. The molecule has 0 spiro atoms. The number of thiophene rings is 3. The van der Waals surface area contributed by atoms with Crippen LogP contribution in [0.15, 0.2) is 53.6 Å². The van der Waals surface area contributed by atoms with E-state index in [4.69, 9.17) is 0 Å². The van der Waals surface area contributed by atoms with Crippen molar-refractivity contribution in [3.63, 3.8) is 0 Å². The normalized spacial score (nSPS) is 16.5. The smallest absolute Gasteiger partial charge is 0.337 e. The van der Waals surface area contributed by atoms with Crippen LogP contribution in [-0.2, 0) is 13.1 Å². The summed E-state index contributed by atoms with van der Waals surface area (Å²) in [4.78, 5) is 53.6. The lowest BCUT2D eigenvalue weighted by Gasteiger charge is -2.18. The molecule has 0 radical (unpaired) electrons. The number of hydrogen-bond acceptors (Lipinski definition) is 7. The number of allylic oxidation sites excluding steroid dienone is 2. The van der Waals surface area contributed by atoms with Crippen LogP contribution in [0.1, 0.15) is 77.9 Å². The van der Waals surface area contributed by atoms with E-state index in [1.807, 2.05) is 0 Å². The molecule has 2 aliphatic rings. The van der Waals surface area contributed by atoms with E-state index in [-0.39, 0.29) is 46.5 Å². The number of Topliss-reactive ketones (excluding diaryl/α,β-unsaturated/α-hetero) is 4. The Morgan fingerprint density at radius 3 is 1.37 bits per heavy atom. The first kappa shape index (κ1) is 40.1. The number of rotatable bonds is 8. The van der Waals surface area contributed by atoms with Crippen molar-refractivity contribution in [2.75, 3.05) is 0 Å². The molecule has 0 saturated carbocycles. The monoisotopic (exact) mass is 888 g/mol. The zero-order valence-corrected chi connectivity index (χ0v) is 33.3. The van der Waals surface area contributed by atoms with Crippen molar-refractivity contribution in [2.45, 2.75) is 52.1 Å². The number of aromatic nitrogens is 2. The van der Waals surface area contributed by atoms with E-state index in [0.717, 1.165) is 34.8 Å². The van der Waals surface area contributed by atoms with E-state index in [1.54, 1.807) is 21.3 Å². The summed E-state index contributed by atoms with van der Waals surface area (Å²) in [5, 5.41) is 0. The van der Waals surface area contributed by atoms with Crippen LogP contribution >= 0.6 is 34.0 Å². The molecule has 0 saturated heterocycles. The molecule has 2 aliphatic carbocycles. The summed E-state index contributed by atoms with van der Waals surface area (Å²) in [5.74, 6) is -8.22. The van der Waals surface area contributed by atoms with Gasteiger partial charge in [0.1, 0.15) is 5.82 Å². The van der Waals surface area contributed by atoms with Crippen LogP contribution < -0.4 is 0 Å². The van der Waals surface area contributed by atoms with Gasteiger partial charge in [0.15, 0.2) is 34.8 Å². The molecule has 6 nitrogen and oxygen atoms in total. The minimum absolute atomic E-state index is 0.0342. The topological polar surface area (TPSA) is 78.1 Å². The number of ketones is 4. The molecular weight excluding hydrogens is 864 g/mol. The summed E-state index contributed by atoms with van der Waals surface area (Å²) in [6.45, 7) is 2.49. The Balaban J connectivity index is 1.24. The maximum absolute atomic E-state index is 14.0. The standard InChI is InChI=1S/C42H25F9N2O4S3/c1-16(12-41(46,47)48)14-52-29-8-19(6-25-33(54)21-4-3-18(43)5-22(21)34(25)55)58-37(29)39-31(52)32-40(60-39)38-30(53(32)15-17(2)13-42(49,50)51)9-20(59-38)7-26-35(56)23-10-27(44)28(45)11-24(23)36(26)57/h3-11,16-17H,12-15H2,1-2H3/b25-6-. The van der Waals surface area contributed by atoms with Gasteiger partial charge < -0.3 is 9.13 Å². The van der Waals surface area contributed by atoms with Gasteiger partial charge in [-0.25, -0.2) is 13.2 Å². The second-order valence-corrected chi connectivity index (χ2v) is 18.4. The van der Waals surface area contributed by atoms with E-state index in [1.165, 1.54) is 43.4 Å². The van der Waals surface area contributed by atoms with Crippen molar-refractivity contribution in [2.24, 2.45) is 11.8 Å². The number of carbonyl (C=O) groups excluding carboxylic acids is 4. The number of nitrogens with zero attached hydrogens (tertiary/aromatic N) is 2. The van der Waals surface area contributed by atoms with Gasteiger partial charge in [-0.15, -0.1) is 34.0 Å². The van der Waals surface area contributed by atoms with Crippen LogP contribution in [0.4, 0.5) is 39.5 Å². The van der Waals surface area contributed by atoms with E-state index in [0.29, 0.717) is 62.8 Å². The molecule has 2 aromatic carbocycles. The predicted molar refractivity (Wildman–Crippen MR) is 212 cm³/mol. The van der Waals surface area contributed by atoms with E-state index in [2.05, 4.69) is 0 Å². The molecule has 60 heavy (non-hydrogen) atoms. The van der Waals surface area contributed by atoms with Crippen molar-refractivity contribution >= 4 is 110 Å². The zero-order valence-electron chi connectivity index (χ0n) is 30.8. The molecule has 2 atom stereocenters. The van der Waals surface area contributed by atoms with Crippen molar-refractivity contribution in [1.82, 2.24) is 9.13 Å². The number of fused-ring (bicyclic) bond motifs is 9. The van der Waals surface area contributed by atoms with Gasteiger partial charge in [0.25, 0.3) is 0 Å². The van der Waals surface area contributed by atoms with Gasteiger partial charge in [-0.1, -0.05) is 13.8 Å². The van der Waals surface area contributed by atoms with Crippen LogP contribution in [0.2, 0.25) is 0 Å². The quantitative estimate of drug-likeness (QED) is 0.0865. The van der Waals surface area contributed by atoms with Gasteiger partial charge in [0.2, 0.25) is 0 Å². The highest BCUT2D eigenvalue weighted by Gasteiger charge is 2.37. The molecule has 2 unspecified atom stereocenters. The summed E-state index contributed by atoms with van der Waals surface area (Å²) in [6, 6.07) is 7.77. The van der Waals surface area contributed by atoms with E-state index >= 15 is 0 Å². The lowest BCUT2D eigenvalue weighted by atomic mass is 10.1. The summed E-state index contributed by atoms with van der Waals surface area (Å²) in [5.41, 5.74) is 0.609. The number of carbonyl (C=O) groups is 4. The first-order valence-electron chi connectivity index (χ1n) is 18.2. The molecule has 5 aromatic heterocycles. The summed E-state index contributed by atoms with van der Waals surface area (Å²) in [7, 11) is 0. The molecule has 308 valence electrons. The van der Waals surface area contributed by atoms with Crippen LogP contribution in [0, 0.1) is 29.3 Å². The maximum atomic E-state index is 14.0. The first-order chi connectivity index (χ1) is 28.2. The lowest BCUT2D eigenvalue weighted by molar-refractivity contribution is -0.144. The van der Waals surface area contributed by atoms with Crippen LogP contribution in [0.25, 0.3) is 53.0 Å². The third-order valence-corrected chi connectivity index (χ3v) is 14.2. The second-order valence-electron chi connectivity index (χ2n) is 15.2. The number of halogens is 9. The van der Waals surface area contributed by atoms with Gasteiger partial charge in [-0.05, 0) is 66.5 Å². The van der Waals surface area contributed by atoms with Crippen molar-refractivity contribution in [1.29, 1.82) is 0 Å². The Kier molecular flexibility index (Phi) is 9.26. The Morgan fingerprint density at radius 2 is 0.950 bits per heavy atom. The molecule has 7 aromatic rings. The predicted octanol–water partition coefficient (Wildman–Crippen LogP) is 12.6. The second kappa shape index (κ2) is 13.9. The zero-order chi connectivity index (χ0) is 42.9. The largest absolute Gasteiger partial charge is 0.389 e. The van der Waals surface area contributed by atoms with Crippen LogP contribution in [0.5, 0.6) is 0 Å². The first-order valence-corrected chi connectivity index (χ1v) is 20.7. The Hall–Kier alpha value is -5.33. The highest BCUT2D eigenvalue weighted by atomic mass is 32.1. The Bertz CT molecular complexity index is 3090. The number of alkyl halides is 6. The molecule has 0 bridgehead atoms. The summed E-state index contributed by atoms with van der Waals surface area (Å²) >= 11 is 3.51. The van der Waals surface area contributed by atoms with E-state index in [9.17, 15) is 58.7 Å². The molecule has 0 amide bonds. The summed E-state index contributed by atoms with van der Waals surface area (Å²) < 4.78 is 130. The minimum Gasteiger partial charge on any atom is -0.337 e. The molecule has 18 heteroatoms. The fourth-order valence-electron chi connectivity index (χ4n) is 8.21. The third-order valence-electron chi connectivity index (χ3n) is 10.6. The third kappa shape index (κ3) is 6.63. The highest BCUT2D eigenvalue weighted by molar-refractivity contribution is 7.34. The van der Waals surface area contributed by atoms with Crippen molar-refractivity contribution < 1.29 is 58.7 Å². The fraction of sp³-hybridized carbons (Fsp3) is 0.238. The summed E-state index contributed by atoms with van der Waals surface area (Å²) in [6.07, 6.45) is -8.70. The Labute approximate surface area is 343 Å². The van der Waals surface area contributed by atoms with Gasteiger partial charge in [0, 0.05) is 57.9 Å². The molecule has 0 fully saturated rings. The SMILES string of the molecule is CC(Cn1c2cc(C=C3C(=O)c4cc(F)c(F)cc4C3=O)sc2c2sc3c4sc(/C=C5/C(=O)c6ccc(F)cc6C5=O)cc4n(CC(C)CC(F)(F)F)c3c21)CC(F)(F)F.